The molecular weight excluding hydrogens is 344 g/mol. The summed E-state index contributed by atoms with van der Waals surface area (Å²) < 4.78 is 5.41. The molecule has 0 heterocycles. The van der Waals surface area contributed by atoms with Crippen LogP contribution in [-0.2, 0) is 4.79 Å². The minimum absolute atomic E-state index is 0.0889. The number of hydrogen-bond acceptors (Lipinski definition) is 4. The van der Waals surface area contributed by atoms with E-state index in [2.05, 4.69) is 5.32 Å². The predicted octanol–water partition coefficient (Wildman–Crippen LogP) is 4.66. The Kier molecular flexibility index (Phi) is 6.36. The second kappa shape index (κ2) is 8.48. The van der Waals surface area contributed by atoms with E-state index in [1.54, 1.807) is 18.2 Å². The fourth-order valence-corrected chi connectivity index (χ4v) is 2.79. The molecule has 6 nitrogen and oxygen atoms in total. The number of benzene rings is 2. The summed E-state index contributed by atoms with van der Waals surface area (Å²) in [5.41, 5.74) is 2.44. The molecule has 1 N–H and O–H groups in total. The van der Waals surface area contributed by atoms with Gasteiger partial charge in [0.1, 0.15) is 0 Å². The van der Waals surface area contributed by atoms with Crippen LogP contribution in [0.25, 0.3) is 0 Å². The SMILES string of the molecule is Cc1cc(C)c(NC(=O)CCCOc2ccccc2[N+](=O)[O-])c(Cl)c1. The largest absolute Gasteiger partial charge is 0.487 e. The van der Waals surface area contributed by atoms with Gasteiger partial charge in [-0.2, -0.15) is 0 Å². The summed E-state index contributed by atoms with van der Waals surface area (Å²) in [4.78, 5) is 22.5. The first-order chi connectivity index (χ1) is 11.9. The Morgan fingerprint density at radius 3 is 2.68 bits per heavy atom. The van der Waals surface area contributed by atoms with Crippen molar-refractivity contribution in [3.63, 3.8) is 0 Å². The second-order valence-corrected chi connectivity index (χ2v) is 6.07. The summed E-state index contributed by atoms with van der Waals surface area (Å²) in [6.07, 6.45) is 0.657. The number of ether oxygens (including phenoxy) is 1. The van der Waals surface area contributed by atoms with Crippen molar-refractivity contribution >= 4 is 28.9 Å². The first-order valence-corrected chi connectivity index (χ1v) is 8.19. The highest BCUT2D eigenvalue weighted by Crippen LogP contribution is 2.28. The fraction of sp³-hybridized carbons (Fsp3) is 0.278. The van der Waals surface area contributed by atoms with Crippen molar-refractivity contribution in [1.29, 1.82) is 0 Å². The lowest BCUT2D eigenvalue weighted by Crippen LogP contribution is -2.14. The van der Waals surface area contributed by atoms with E-state index in [-0.39, 0.29) is 30.4 Å². The second-order valence-electron chi connectivity index (χ2n) is 5.66. The Balaban J connectivity index is 1.85. The Morgan fingerprint density at radius 2 is 2.00 bits per heavy atom. The average molecular weight is 363 g/mol. The molecule has 132 valence electrons. The van der Waals surface area contributed by atoms with Gasteiger partial charge in [-0.05, 0) is 43.5 Å². The first kappa shape index (κ1) is 18.7. The molecule has 0 aliphatic rings. The molecule has 25 heavy (non-hydrogen) atoms. The lowest BCUT2D eigenvalue weighted by Gasteiger charge is -2.12. The molecule has 0 radical (unpaired) electrons. The van der Waals surface area contributed by atoms with Gasteiger partial charge in [0.25, 0.3) is 0 Å². The third-order valence-corrected chi connectivity index (χ3v) is 3.86. The van der Waals surface area contributed by atoms with Gasteiger partial charge in [-0.3, -0.25) is 14.9 Å². The number of para-hydroxylation sites is 2. The number of nitro benzene ring substituents is 1. The van der Waals surface area contributed by atoms with Crippen LogP contribution in [0.1, 0.15) is 24.0 Å². The van der Waals surface area contributed by atoms with Crippen molar-refractivity contribution in [1.82, 2.24) is 0 Å². The highest BCUT2D eigenvalue weighted by molar-refractivity contribution is 6.34. The third kappa shape index (κ3) is 5.19. The van der Waals surface area contributed by atoms with Crippen LogP contribution in [0.15, 0.2) is 36.4 Å². The quantitative estimate of drug-likeness (QED) is 0.441. The standard InChI is InChI=1S/C18H19ClN2O4/c1-12-10-13(2)18(14(19)11-12)20-17(22)8-5-9-25-16-7-4-3-6-15(16)21(23)24/h3-4,6-7,10-11H,5,8-9H2,1-2H3,(H,20,22). The van der Waals surface area contributed by atoms with Crippen molar-refractivity contribution in [3.8, 4) is 5.75 Å². The molecule has 0 bridgehead atoms. The molecule has 1 amide bonds. The predicted molar refractivity (Wildman–Crippen MR) is 97.4 cm³/mol. The minimum Gasteiger partial charge on any atom is -0.487 e. The number of carbonyl (C=O) groups is 1. The van der Waals surface area contributed by atoms with Crippen molar-refractivity contribution < 1.29 is 14.5 Å². The number of rotatable bonds is 7. The van der Waals surface area contributed by atoms with Crippen LogP contribution in [0.2, 0.25) is 5.02 Å². The summed E-state index contributed by atoms with van der Waals surface area (Å²) in [5.74, 6) is 0.0188. The van der Waals surface area contributed by atoms with Crippen molar-refractivity contribution in [2.75, 3.05) is 11.9 Å². The Hall–Kier alpha value is -2.60. The number of hydrogen-bond donors (Lipinski definition) is 1. The minimum atomic E-state index is -0.496. The highest BCUT2D eigenvalue weighted by atomic mass is 35.5. The van der Waals surface area contributed by atoms with Gasteiger partial charge in [-0.25, -0.2) is 0 Å². The van der Waals surface area contributed by atoms with Crippen LogP contribution in [0, 0.1) is 24.0 Å². The number of nitrogens with one attached hydrogen (secondary N) is 1. The number of carbonyl (C=O) groups excluding carboxylic acids is 1. The van der Waals surface area contributed by atoms with Gasteiger partial charge < -0.3 is 10.1 Å². The van der Waals surface area contributed by atoms with E-state index in [4.69, 9.17) is 16.3 Å². The zero-order valence-electron chi connectivity index (χ0n) is 14.0. The Morgan fingerprint density at radius 1 is 1.28 bits per heavy atom. The lowest BCUT2D eigenvalue weighted by molar-refractivity contribution is -0.385. The van der Waals surface area contributed by atoms with E-state index < -0.39 is 4.92 Å². The average Bonchev–Trinajstić information content (AvgIpc) is 2.55. The van der Waals surface area contributed by atoms with Crippen molar-refractivity contribution in [3.05, 3.63) is 62.7 Å². The van der Waals surface area contributed by atoms with E-state index in [0.29, 0.717) is 17.1 Å². The fourth-order valence-electron chi connectivity index (χ4n) is 2.42. The normalized spacial score (nSPS) is 10.4. The zero-order chi connectivity index (χ0) is 18.4. The van der Waals surface area contributed by atoms with E-state index in [1.807, 2.05) is 19.9 Å². The summed E-state index contributed by atoms with van der Waals surface area (Å²) >= 11 is 6.16. The first-order valence-electron chi connectivity index (χ1n) is 7.81. The molecule has 0 spiro atoms. The molecule has 0 aliphatic carbocycles. The molecule has 0 fully saturated rings. The van der Waals surface area contributed by atoms with Crippen LogP contribution in [0.4, 0.5) is 11.4 Å². The molecular formula is C18H19ClN2O4. The summed E-state index contributed by atoms with van der Waals surface area (Å²) in [6, 6.07) is 9.89. The van der Waals surface area contributed by atoms with E-state index >= 15 is 0 Å². The molecule has 2 rings (SSSR count). The highest BCUT2D eigenvalue weighted by Gasteiger charge is 2.14. The van der Waals surface area contributed by atoms with Crippen LogP contribution in [0.5, 0.6) is 5.75 Å². The molecule has 0 aliphatic heterocycles. The number of halogens is 1. The molecule has 0 unspecified atom stereocenters. The lowest BCUT2D eigenvalue weighted by atomic mass is 10.1. The molecule has 7 heteroatoms. The summed E-state index contributed by atoms with van der Waals surface area (Å²) in [7, 11) is 0. The maximum Gasteiger partial charge on any atom is 0.310 e. The Bertz CT molecular complexity index is 769. The molecule has 0 atom stereocenters. The topological polar surface area (TPSA) is 81.5 Å². The summed E-state index contributed by atoms with van der Waals surface area (Å²) in [5, 5.41) is 14.2. The van der Waals surface area contributed by atoms with Gasteiger partial charge >= 0.3 is 5.69 Å². The monoisotopic (exact) mass is 362 g/mol. The number of nitrogens with zero attached hydrogens (tertiary/aromatic N) is 1. The van der Waals surface area contributed by atoms with Gasteiger partial charge in [0.15, 0.2) is 5.75 Å². The maximum absolute atomic E-state index is 12.1. The van der Waals surface area contributed by atoms with Crippen molar-refractivity contribution in [2.45, 2.75) is 26.7 Å². The number of anilines is 1. The number of nitro groups is 1. The van der Waals surface area contributed by atoms with Crippen LogP contribution in [-0.4, -0.2) is 17.4 Å². The molecule has 0 saturated heterocycles. The molecule has 2 aromatic carbocycles. The van der Waals surface area contributed by atoms with Gasteiger partial charge in [-0.1, -0.05) is 29.8 Å². The van der Waals surface area contributed by atoms with E-state index in [0.717, 1.165) is 11.1 Å². The number of amides is 1. The van der Waals surface area contributed by atoms with E-state index in [1.165, 1.54) is 12.1 Å². The van der Waals surface area contributed by atoms with Gasteiger partial charge in [-0.15, -0.1) is 0 Å². The van der Waals surface area contributed by atoms with Crippen LogP contribution >= 0.6 is 11.6 Å². The van der Waals surface area contributed by atoms with Gasteiger partial charge in [0.05, 0.1) is 22.2 Å². The van der Waals surface area contributed by atoms with Crippen molar-refractivity contribution in [2.24, 2.45) is 0 Å². The van der Waals surface area contributed by atoms with E-state index in [9.17, 15) is 14.9 Å². The number of aryl methyl sites for hydroxylation is 2. The maximum atomic E-state index is 12.1. The molecule has 2 aromatic rings. The zero-order valence-corrected chi connectivity index (χ0v) is 14.8. The smallest absolute Gasteiger partial charge is 0.310 e. The molecule has 0 aromatic heterocycles. The molecule has 0 saturated carbocycles. The Labute approximate surface area is 150 Å². The summed E-state index contributed by atoms with van der Waals surface area (Å²) in [6.45, 7) is 4.02. The van der Waals surface area contributed by atoms with Crippen LogP contribution < -0.4 is 10.1 Å². The van der Waals surface area contributed by atoms with Crippen LogP contribution in [0.3, 0.4) is 0 Å². The van der Waals surface area contributed by atoms with Gasteiger partial charge in [0, 0.05) is 12.5 Å². The van der Waals surface area contributed by atoms with Gasteiger partial charge in [0.2, 0.25) is 5.91 Å². The third-order valence-electron chi connectivity index (χ3n) is 3.56.